The third-order valence-corrected chi connectivity index (χ3v) is 8.17. The largest absolute Gasteiger partial charge is 0.461 e. The maximum absolute atomic E-state index is 13.6. The number of ketones is 1. The summed E-state index contributed by atoms with van der Waals surface area (Å²) in [5.74, 6) is -2.20. The van der Waals surface area contributed by atoms with E-state index in [4.69, 9.17) is 9.88 Å². The summed E-state index contributed by atoms with van der Waals surface area (Å²) in [4.78, 5) is 39.7. The number of nitrogens with one attached hydrogen (secondary N) is 1. The highest BCUT2D eigenvalue weighted by Gasteiger charge is 2.31. The second-order valence-electron chi connectivity index (χ2n) is 10.3. The van der Waals surface area contributed by atoms with Crippen LogP contribution >= 0.6 is 0 Å². The number of amides is 1. The van der Waals surface area contributed by atoms with Crippen molar-refractivity contribution >= 4 is 27.7 Å². The van der Waals surface area contributed by atoms with Crippen LogP contribution in [0.4, 0.5) is 0 Å². The Labute approximate surface area is 242 Å². The summed E-state index contributed by atoms with van der Waals surface area (Å²) in [5, 5.41) is 8.03. The molecule has 8 nitrogen and oxygen atoms in total. The maximum Gasteiger partial charge on any atom is 0.306 e. The van der Waals surface area contributed by atoms with E-state index in [1.54, 1.807) is 12.1 Å². The van der Waals surface area contributed by atoms with Crippen LogP contribution in [0.1, 0.15) is 49.8 Å². The second-order valence-corrected chi connectivity index (χ2v) is 11.9. The average Bonchev–Trinajstić information content (AvgIpc) is 2.97. The molecule has 3 aromatic rings. The number of rotatable bonds is 15. The number of Topliss-reactive ketones (excluding diaryl/α,β-unsaturated/α-hetero) is 1. The second kappa shape index (κ2) is 15.3. The van der Waals surface area contributed by atoms with E-state index in [2.05, 4.69) is 5.32 Å². The van der Waals surface area contributed by atoms with E-state index < -0.39 is 27.8 Å². The summed E-state index contributed by atoms with van der Waals surface area (Å²) in [7, 11) is -3.81. The van der Waals surface area contributed by atoms with Gasteiger partial charge in [0.25, 0.3) is 0 Å². The van der Waals surface area contributed by atoms with Crippen molar-refractivity contribution in [2.24, 2.45) is 22.9 Å². The van der Waals surface area contributed by atoms with Gasteiger partial charge in [-0.2, -0.15) is 0 Å². The summed E-state index contributed by atoms with van der Waals surface area (Å²) < 4.78 is 28.5. The first-order valence-electron chi connectivity index (χ1n) is 13.7. The zero-order valence-electron chi connectivity index (χ0n) is 23.5. The zero-order chi connectivity index (χ0) is 29.8. The number of hydrogen-bond donors (Lipinski definition) is 2. The molecule has 0 aliphatic carbocycles. The standard InChI is InChI=1S/C32H38N2O6S/c1-3-23(2)29(32(37)34-21-25-14-16-28(17-15-25)41(33,38)39)20-30(35)27(18-24-10-6-4-7-11-24)19-31(36)40-22-26-12-8-5-9-13-26/h4-17,23,27,29H,3,18-22H2,1-2H3,(H,34,37)(H2,33,38,39)/t23?,27-,29+/m0/s1. The number of primary sulfonamides is 1. The first kappa shape index (κ1) is 31.7. The molecule has 3 N–H and O–H groups in total. The molecule has 9 heteroatoms. The summed E-state index contributed by atoms with van der Waals surface area (Å²) in [6.45, 7) is 4.19. The van der Waals surface area contributed by atoms with Gasteiger partial charge in [-0.1, -0.05) is 93.1 Å². The van der Waals surface area contributed by atoms with Crippen LogP contribution < -0.4 is 10.5 Å². The van der Waals surface area contributed by atoms with Gasteiger partial charge in [0.05, 0.1) is 11.3 Å². The van der Waals surface area contributed by atoms with Crippen molar-refractivity contribution in [3.05, 3.63) is 102 Å². The van der Waals surface area contributed by atoms with Crippen LogP contribution in [0, 0.1) is 17.8 Å². The van der Waals surface area contributed by atoms with Gasteiger partial charge in [0.2, 0.25) is 15.9 Å². The number of benzene rings is 3. The molecule has 0 heterocycles. The fourth-order valence-electron chi connectivity index (χ4n) is 4.53. The lowest BCUT2D eigenvalue weighted by molar-refractivity contribution is -0.148. The van der Waals surface area contributed by atoms with Gasteiger partial charge >= 0.3 is 5.97 Å². The van der Waals surface area contributed by atoms with Gasteiger partial charge in [-0.05, 0) is 41.2 Å². The highest BCUT2D eigenvalue weighted by Crippen LogP contribution is 2.25. The monoisotopic (exact) mass is 578 g/mol. The van der Waals surface area contributed by atoms with Gasteiger partial charge in [0.1, 0.15) is 12.4 Å². The lowest BCUT2D eigenvalue weighted by Crippen LogP contribution is -2.36. The zero-order valence-corrected chi connectivity index (χ0v) is 24.3. The number of nitrogens with two attached hydrogens (primary N) is 1. The van der Waals surface area contributed by atoms with E-state index in [1.165, 1.54) is 12.1 Å². The van der Waals surface area contributed by atoms with E-state index >= 15 is 0 Å². The van der Waals surface area contributed by atoms with E-state index in [0.717, 1.165) is 11.1 Å². The number of hydrogen-bond acceptors (Lipinski definition) is 6. The Balaban J connectivity index is 1.68. The lowest BCUT2D eigenvalue weighted by Gasteiger charge is -2.24. The molecule has 218 valence electrons. The van der Waals surface area contributed by atoms with Crippen molar-refractivity contribution in [3.8, 4) is 0 Å². The topological polar surface area (TPSA) is 133 Å². The van der Waals surface area contributed by atoms with Crippen molar-refractivity contribution < 1.29 is 27.5 Å². The van der Waals surface area contributed by atoms with E-state index in [0.29, 0.717) is 18.4 Å². The van der Waals surface area contributed by atoms with Crippen molar-refractivity contribution in [2.45, 2.75) is 57.6 Å². The summed E-state index contributed by atoms with van der Waals surface area (Å²) in [6.07, 6.45) is 0.975. The molecule has 0 radical (unpaired) electrons. The third-order valence-electron chi connectivity index (χ3n) is 7.24. The van der Waals surface area contributed by atoms with Crippen LogP contribution in [0.2, 0.25) is 0 Å². The highest BCUT2D eigenvalue weighted by molar-refractivity contribution is 7.89. The molecule has 0 fully saturated rings. The van der Waals surface area contributed by atoms with Gasteiger partial charge in [-0.3, -0.25) is 14.4 Å². The summed E-state index contributed by atoms with van der Waals surface area (Å²) >= 11 is 0. The lowest BCUT2D eigenvalue weighted by atomic mass is 9.81. The van der Waals surface area contributed by atoms with Gasteiger partial charge in [0, 0.05) is 24.8 Å². The molecule has 1 amide bonds. The molecule has 3 aromatic carbocycles. The molecule has 0 bridgehead atoms. The van der Waals surface area contributed by atoms with Gasteiger partial charge < -0.3 is 10.1 Å². The Morgan fingerprint density at radius 3 is 1.98 bits per heavy atom. The fourth-order valence-corrected chi connectivity index (χ4v) is 5.05. The Hall–Kier alpha value is -3.82. The predicted molar refractivity (Wildman–Crippen MR) is 157 cm³/mol. The van der Waals surface area contributed by atoms with E-state index in [1.807, 2.05) is 74.5 Å². The predicted octanol–water partition coefficient (Wildman–Crippen LogP) is 4.56. The van der Waals surface area contributed by atoms with Crippen LogP contribution in [-0.4, -0.2) is 26.1 Å². The third kappa shape index (κ3) is 10.3. The van der Waals surface area contributed by atoms with Crippen LogP contribution in [0.3, 0.4) is 0 Å². The molecule has 3 atom stereocenters. The van der Waals surface area contributed by atoms with Crippen molar-refractivity contribution in [1.29, 1.82) is 0 Å². The SMILES string of the molecule is CCC(C)[C@@H](CC(=O)[C@H](CC(=O)OCc1ccccc1)Cc1ccccc1)C(=O)NCc1ccc(S(N)(=O)=O)cc1. The first-order chi connectivity index (χ1) is 19.6. The van der Waals surface area contributed by atoms with E-state index in [-0.39, 0.29) is 48.5 Å². The Bertz CT molecular complexity index is 1390. The van der Waals surface area contributed by atoms with E-state index in [9.17, 15) is 22.8 Å². The molecule has 0 aliphatic rings. The molecule has 1 unspecified atom stereocenters. The Morgan fingerprint density at radius 2 is 1.41 bits per heavy atom. The molecule has 0 spiro atoms. The van der Waals surface area contributed by atoms with Gasteiger partial charge in [-0.25, -0.2) is 13.6 Å². The molecular formula is C32H38N2O6S. The van der Waals surface area contributed by atoms with Crippen LogP contribution in [-0.2, 0) is 48.7 Å². The maximum atomic E-state index is 13.6. The number of ether oxygens (including phenoxy) is 1. The quantitative estimate of drug-likeness (QED) is 0.254. The summed E-state index contributed by atoms with van der Waals surface area (Å²) in [5.41, 5.74) is 2.48. The normalized spacial score (nSPS) is 13.5. The minimum atomic E-state index is -3.81. The summed E-state index contributed by atoms with van der Waals surface area (Å²) in [6, 6.07) is 24.8. The first-order valence-corrected chi connectivity index (χ1v) is 15.3. The number of sulfonamides is 1. The van der Waals surface area contributed by atoms with Crippen LogP contribution in [0.5, 0.6) is 0 Å². The van der Waals surface area contributed by atoms with Gasteiger partial charge in [0.15, 0.2) is 0 Å². The van der Waals surface area contributed by atoms with Crippen LogP contribution in [0.15, 0.2) is 89.8 Å². The number of esters is 1. The van der Waals surface area contributed by atoms with Crippen molar-refractivity contribution in [3.63, 3.8) is 0 Å². The molecule has 0 aromatic heterocycles. The van der Waals surface area contributed by atoms with Gasteiger partial charge in [-0.15, -0.1) is 0 Å². The smallest absolute Gasteiger partial charge is 0.306 e. The average molecular weight is 579 g/mol. The Kier molecular flexibility index (Phi) is 11.8. The number of carbonyl (C=O) groups excluding carboxylic acids is 3. The molecular weight excluding hydrogens is 540 g/mol. The van der Waals surface area contributed by atoms with Crippen LogP contribution in [0.25, 0.3) is 0 Å². The fraction of sp³-hybridized carbons (Fsp3) is 0.344. The minimum Gasteiger partial charge on any atom is -0.461 e. The minimum absolute atomic E-state index is 0.00530. The number of carbonyl (C=O) groups is 3. The molecule has 0 aliphatic heterocycles. The molecule has 0 saturated heterocycles. The Morgan fingerprint density at radius 1 is 0.829 bits per heavy atom. The molecule has 0 saturated carbocycles. The van der Waals surface area contributed by atoms with Crippen molar-refractivity contribution in [1.82, 2.24) is 5.32 Å². The molecule has 41 heavy (non-hydrogen) atoms. The molecule has 3 rings (SSSR count). The highest BCUT2D eigenvalue weighted by atomic mass is 32.2. The van der Waals surface area contributed by atoms with Crippen molar-refractivity contribution in [2.75, 3.05) is 0 Å².